The zero-order valence-electron chi connectivity index (χ0n) is 8.45. The second kappa shape index (κ2) is 4.37. The van der Waals surface area contributed by atoms with E-state index >= 15 is 0 Å². The van der Waals surface area contributed by atoms with E-state index < -0.39 is 0 Å². The Labute approximate surface area is 78.5 Å². The molecule has 1 aromatic rings. The van der Waals surface area contributed by atoms with Gasteiger partial charge in [0.25, 0.3) is 0 Å². The normalized spacial score (nSPS) is 13.6. The van der Waals surface area contributed by atoms with Crippen LogP contribution in [0.5, 0.6) is 0 Å². The Morgan fingerprint density at radius 1 is 1.31 bits per heavy atom. The molecule has 4 heteroatoms. The number of aromatic nitrogens is 2. The first-order valence-corrected chi connectivity index (χ1v) is 4.65. The Kier molecular flexibility index (Phi) is 3.42. The van der Waals surface area contributed by atoms with E-state index in [0.717, 1.165) is 12.2 Å². The highest BCUT2D eigenvalue weighted by Gasteiger charge is 2.08. The molecule has 0 saturated carbocycles. The first kappa shape index (κ1) is 10.2. The molecule has 4 nitrogen and oxygen atoms in total. The molecule has 1 heterocycles. The molecular formula is C9H17N3O. The molecule has 74 valence electrons. The third-order valence-corrected chi connectivity index (χ3v) is 1.60. The summed E-state index contributed by atoms with van der Waals surface area (Å²) < 4.78 is 5.04. The van der Waals surface area contributed by atoms with Crippen LogP contribution >= 0.6 is 0 Å². The zero-order valence-corrected chi connectivity index (χ0v) is 8.45. The minimum absolute atomic E-state index is 0.0762. The van der Waals surface area contributed by atoms with Crippen molar-refractivity contribution < 1.29 is 4.52 Å². The van der Waals surface area contributed by atoms with Crippen molar-refractivity contribution in [2.24, 2.45) is 11.7 Å². The van der Waals surface area contributed by atoms with Crippen molar-refractivity contribution in [1.29, 1.82) is 0 Å². The second-order valence-corrected chi connectivity index (χ2v) is 3.88. The van der Waals surface area contributed by atoms with Crippen LogP contribution in [-0.2, 0) is 12.8 Å². The first-order chi connectivity index (χ1) is 6.08. The Bertz CT molecular complexity index is 231. The monoisotopic (exact) mass is 183 g/mol. The molecule has 0 aliphatic heterocycles. The van der Waals surface area contributed by atoms with Gasteiger partial charge < -0.3 is 10.3 Å². The van der Waals surface area contributed by atoms with Gasteiger partial charge in [-0.25, -0.2) is 0 Å². The lowest BCUT2D eigenvalue weighted by Crippen LogP contribution is -2.17. The van der Waals surface area contributed by atoms with Crippen molar-refractivity contribution in [2.45, 2.75) is 39.7 Å². The summed E-state index contributed by atoms with van der Waals surface area (Å²) in [5.41, 5.74) is 5.61. The average molecular weight is 183 g/mol. The van der Waals surface area contributed by atoms with E-state index in [2.05, 4.69) is 24.0 Å². The van der Waals surface area contributed by atoms with Crippen molar-refractivity contribution in [1.82, 2.24) is 10.1 Å². The maximum absolute atomic E-state index is 5.61. The van der Waals surface area contributed by atoms with Crippen molar-refractivity contribution in [3.63, 3.8) is 0 Å². The fraction of sp³-hybridized carbons (Fsp3) is 0.778. The standard InChI is InChI=1S/C9H17N3O/c1-6(2)4-8-11-9(13-12-8)5-7(3)10/h6-7H,4-5,10H2,1-3H3. The van der Waals surface area contributed by atoms with Crippen LogP contribution in [0.4, 0.5) is 0 Å². The smallest absolute Gasteiger partial charge is 0.228 e. The number of nitrogens with zero attached hydrogens (tertiary/aromatic N) is 2. The first-order valence-electron chi connectivity index (χ1n) is 4.65. The highest BCUT2D eigenvalue weighted by atomic mass is 16.5. The molecule has 1 atom stereocenters. The molecule has 1 unspecified atom stereocenters. The van der Waals surface area contributed by atoms with Crippen LogP contribution in [0, 0.1) is 5.92 Å². The van der Waals surface area contributed by atoms with Crippen LogP contribution in [0.3, 0.4) is 0 Å². The zero-order chi connectivity index (χ0) is 9.84. The molecule has 2 N–H and O–H groups in total. The molecule has 0 radical (unpaired) electrons. The summed E-state index contributed by atoms with van der Waals surface area (Å²) >= 11 is 0. The molecule has 13 heavy (non-hydrogen) atoms. The van der Waals surface area contributed by atoms with Crippen molar-refractivity contribution in [3.8, 4) is 0 Å². The summed E-state index contributed by atoms with van der Waals surface area (Å²) in [4.78, 5) is 4.23. The fourth-order valence-corrected chi connectivity index (χ4v) is 1.10. The quantitative estimate of drug-likeness (QED) is 0.760. The summed E-state index contributed by atoms with van der Waals surface area (Å²) in [6, 6.07) is 0.0762. The van der Waals surface area contributed by atoms with E-state index in [-0.39, 0.29) is 6.04 Å². The minimum atomic E-state index is 0.0762. The predicted molar refractivity (Wildman–Crippen MR) is 50.2 cm³/mol. The molecule has 1 aromatic heterocycles. The molecule has 0 aromatic carbocycles. The molecule has 0 bridgehead atoms. The van der Waals surface area contributed by atoms with Crippen molar-refractivity contribution in [3.05, 3.63) is 11.7 Å². The summed E-state index contributed by atoms with van der Waals surface area (Å²) in [5.74, 6) is 1.98. The Hall–Kier alpha value is -0.900. The Morgan fingerprint density at radius 2 is 2.00 bits per heavy atom. The number of rotatable bonds is 4. The highest BCUT2D eigenvalue weighted by Crippen LogP contribution is 2.05. The maximum Gasteiger partial charge on any atom is 0.228 e. The number of nitrogens with two attached hydrogens (primary N) is 1. The van der Waals surface area contributed by atoms with Gasteiger partial charge in [0.1, 0.15) is 0 Å². The maximum atomic E-state index is 5.61. The molecule has 0 amide bonds. The van der Waals surface area contributed by atoms with E-state index in [1.54, 1.807) is 0 Å². The van der Waals surface area contributed by atoms with Gasteiger partial charge >= 0.3 is 0 Å². The lowest BCUT2D eigenvalue weighted by Gasteiger charge is -1.97. The lowest BCUT2D eigenvalue weighted by atomic mass is 10.1. The van der Waals surface area contributed by atoms with Gasteiger partial charge in [-0.1, -0.05) is 19.0 Å². The van der Waals surface area contributed by atoms with Crippen molar-refractivity contribution in [2.75, 3.05) is 0 Å². The van der Waals surface area contributed by atoms with Crippen LogP contribution < -0.4 is 5.73 Å². The number of hydrogen-bond donors (Lipinski definition) is 1. The molecule has 0 fully saturated rings. The van der Waals surface area contributed by atoms with Gasteiger partial charge in [0.05, 0.1) is 0 Å². The van der Waals surface area contributed by atoms with Crippen molar-refractivity contribution >= 4 is 0 Å². The van der Waals surface area contributed by atoms with E-state index in [9.17, 15) is 0 Å². The molecular weight excluding hydrogens is 166 g/mol. The molecule has 1 rings (SSSR count). The molecule has 0 aliphatic carbocycles. The van der Waals surface area contributed by atoms with Gasteiger partial charge in [-0.05, 0) is 12.8 Å². The lowest BCUT2D eigenvalue weighted by molar-refractivity contribution is 0.364. The van der Waals surface area contributed by atoms with Gasteiger partial charge in [-0.2, -0.15) is 4.98 Å². The Balaban J connectivity index is 2.53. The van der Waals surface area contributed by atoms with Gasteiger partial charge in [0.15, 0.2) is 5.82 Å². The second-order valence-electron chi connectivity index (χ2n) is 3.88. The van der Waals surface area contributed by atoms with Crippen LogP contribution in [0.25, 0.3) is 0 Å². The third-order valence-electron chi connectivity index (χ3n) is 1.60. The van der Waals surface area contributed by atoms with E-state index in [4.69, 9.17) is 10.3 Å². The van der Waals surface area contributed by atoms with E-state index in [1.165, 1.54) is 0 Å². The summed E-state index contributed by atoms with van der Waals surface area (Å²) in [5, 5.41) is 3.87. The largest absolute Gasteiger partial charge is 0.339 e. The van der Waals surface area contributed by atoms with E-state index in [0.29, 0.717) is 18.2 Å². The summed E-state index contributed by atoms with van der Waals surface area (Å²) in [6.07, 6.45) is 1.52. The molecule has 0 saturated heterocycles. The highest BCUT2D eigenvalue weighted by molar-refractivity contribution is 4.89. The van der Waals surface area contributed by atoms with Gasteiger partial charge in [-0.15, -0.1) is 0 Å². The minimum Gasteiger partial charge on any atom is -0.339 e. The number of hydrogen-bond acceptors (Lipinski definition) is 4. The van der Waals surface area contributed by atoms with Crippen LogP contribution in [0.2, 0.25) is 0 Å². The van der Waals surface area contributed by atoms with E-state index in [1.807, 2.05) is 6.92 Å². The van der Waals surface area contributed by atoms with Crippen LogP contribution in [0.1, 0.15) is 32.5 Å². The molecule has 0 aliphatic rings. The van der Waals surface area contributed by atoms with Gasteiger partial charge in [0, 0.05) is 18.9 Å². The SMILES string of the molecule is CC(C)Cc1noc(CC(C)N)n1. The Morgan fingerprint density at radius 3 is 2.54 bits per heavy atom. The molecule has 0 spiro atoms. The predicted octanol–water partition coefficient (Wildman–Crippen LogP) is 1.16. The summed E-state index contributed by atoms with van der Waals surface area (Å²) in [7, 11) is 0. The van der Waals surface area contributed by atoms with Gasteiger partial charge in [-0.3, -0.25) is 0 Å². The topological polar surface area (TPSA) is 64.9 Å². The summed E-state index contributed by atoms with van der Waals surface area (Å²) in [6.45, 7) is 6.18. The fourth-order valence-electron chi connectivity index (χ4n) is 1.10. The van der Waals surface area contributed by atoms with Crippen LogP contribution in [0.15, 0.2) is 4.52 Å². The van der Waals surface area contributed by atoms with Crippen LogP contribution in [-0.4, -0.2) is 16.2 Å². The average Bonchev–Trinajstić information content (AvgIpc) is 2.33. The third kappa shape index (κ3) is 3.55. The van der Waals surface area contributed by atoms with Gasteiger partial charge in [0.2, 0.25) is 5.89 Å².